The third kappa shape index (κ3) is 5.62. The van der Waals surface area contributed by atoms with E-state index >= 15 is 0 Å². The molecule has 3 nitrogen and oxygen atoms in total. The third-order valence-electron chi connectivity index (χ3n) is 6.61. The van der Waals surface area contributed by atoms with E-state index in [2.05, 4.69) is 81.4 Å². The van der Waals surface area contributed by atoms with Crippen LogP contribution in [0.3, 0.4) is 0 Å². The zero-order chi connectivity index (χ0) is 25.0. The summed E-state index contributed by atoms with van der Waals surface area (Å²) in [6.07, 6.45) is 2.00. The first-order valence-electron chi connectivity index (χ1n) is 12.1. The smallest absolute Gasteiger partial charge is 0.323 e. The maximum absolute atomic E-state index is 13.0. The minimum absolute atomic E-state index is 0.0535. The molecule has 3 heteroatoms. The predicted octanol–water partition coefficient (Wildman–Crippen LogP) is 7.87. The molecular formula is C30H42O3. The Balaban J connectivity index is 2.07. The van der Waals surface area contributed by atoms with Crippen molar-refractivity contribution >= 4 is 5.97 Å². The van der Waals surface area contributed by atoms with Gasteiger partial charge in [0.05, 0.1) is 0 Å². The van der Waals surface area contributed by atoms with E-state index < -0.39 is 5.92 Å². The van der Waals surface area contributed by atoms with E-state index in [1.54, 1.807) is 6.07 Å². The Labute approximate surface area is 200 Å². The fourth-order valence-corrected chi connectivity index (χ4v) is 5.94. The molecule has 0 saturated carbocycles. The number of rotatable bonds is 5. The van der Waals surface area contributed by atoms with Crippen LogP contribution in [0.5, 0.6) is 11.5 Å². The number of phenolic OH excluding ortho intramolecular Hbond substituents is 1. The lowest BCUT2D eigenvalue weighted by atomic mass is 9.71. The lowest BCUT2D eigenvalue weighted by molar-refractivity contribution is -0.133. The van der Waals surface area contributed by atoms with Gasteiger partial charge in [0.15, 0.2) is 0 Å². The van der Waals surface area contributed by atoms with Gasteiger partial charge < -0.3 is 9.84 Å². The fourth-order valence-electron chi connectivity index (χ4n) is 5.94. The molecule has 1 atom stereocenters. The van der Waals surface area contributed by atoms with Crippen LogP contribution in [0.1, 0.15) is 110 Å². The van der Waals surface area contributed by atoms with Gasteiger partial charge in [-0.25, -0.2) is 0 Å². The van der Waals surface area contributed by atoms with Gasteiger partial charge in [-0.05, 0) is 57.8 Å². The topological polar surface area (TPSA) is 46.5 Å². The highest BCUT2D eigenvalue weighted by Gasteiger charge is 2.39. The Morgan fingerprint density at radius 3 is 1.67 bits per heavy atom. The zero-order valence-corrected chi connectivity index (χ0v) is 22.2. The van der Waals surface area contributed by atoms with Crippen LogP contribution in [0.25, 0.3) is 0 Å². The van der Waals surface area contributed by atoms with Gasteiger partial charge in [0.1, 0.15) is 17.4 Å². The first kappa shape index (κ1) is 25.3. The number of benzene rings is 2. The SMILES string of the molecule is CC(C)(C)CC(C)(C)c1ccc(O)c(C2C(=O)Oc3ccc(C(C)(C)CC(C)(C)C)cc32)c1. The number of carbonyl (C=O) groups excluding carboxylic acids is 1. The molecule has 0 bridgehead atoms. The molecule has 0 saturated heterocycles. The maximum Gasteiger partial charge on any atom is 0.323 e. The summed E-state index contributed by atoms with van der Waals surface area (Å²) in [5.74, 6) is -0.203. The lowest BCUT2D eigenvalue weighted by Gasteiger charge is -2.34. The second-order valence-electron chi connectivity index (χ2n) is 13.6. The Kier molecular flexibility index (Phi) is 6.28. The molecule has 1 unspecified atom stereocenters. The minimum atomic E-state index is -0.615. The van der Waals surface area contributed by atoms with Crippen molar-refractivity contribution in [3.05, 3.63) is 58.7 Å². The van der Waals surface area contributed by atoms with E-state index in [4.69, 9.17) is 4.74 Å². The Morgan fingerprint density at radius 1 is 0.727 bits per heavy atom. The van der Waals surface area contributed by atoms with Gasteiger partial charge in [0, 0.05) is 11.1 Å². The van der Waals surface area contributed by atoms with Gasteiger partial charge in [-0.15, -0.1) is 0 Å². The van der Waals surface area contributed by atoms with Crippen LogP contribution in [-0.4, -0.2) is 11.1 Å². The molecule has 1 heterocycles. The summed E-state index contributed by atoms with van der Waals surface area (Å²) in [5.41, 5.74) is 3.97. The molecule has 2 aromatic carbocycles. The molecule has 33 heavy (non-hydrogen) atoms. The van der Waals surface area contributed by atoms with Crippen molar-refractivity contribution in [3.8, 4) is 11.5 Å². The van der Waals surface area contributed by atoms with Crippen LogP contribution in [0.15, 0.2) is 36.4 Å². The minimum Gasteiger partial charge on any atom is -0.508 e. The second-order valence-corrected chi connectivity index (χ2v) is 13.6. The van der Waals surface area contributed by atoms with Gasteiger partial charge in [0.25, 0.3) is 0 Å². The van der Waals surface area contributed by atoms with Crippen molar-refractivity contribution in [2.75, 3.05) is 0 Å². The standard InChI is InChI=1S/C30H42O3/c1-27(2,3)17-29(7,8)19-11-13-23(31)21(15-19)25-22-16-20(12-14-24(22)33-26(25)32)30(9,10)18-28(4,5)6/h11-16,25,31H,17-18H2,1-10H3. The summed E-state index contributed by atoms with van der Waals surface area (Å²) in [6, 6.07) is 11.8. The Hall–Kier alpha value is -2.29. The average Bonchev–Trinajstić information content (AvgIpc) is 2.93. The molecule has 0 radical (unpaired) electrons. The summed E-state index contributed by atoms with van der Waals surface area (Å²) >= 11 is 0. The molecule has 0 aromatic heterocycles. The van der Waals surface area contributed by atoms with Gasteiger partial charge in [0.2, 0.25) is 0 Å². The molecule has 1 N–H and O–H groups in total. The number of fused-ring (bicyclic) bond motifs is 1. The second kappa shape index (κ2) is 8.18. The van der Waals surface area contributed by atoms with Gasteiger partial charge in [-0.3, -0.25) is 4.79 Å². The van der Waals surface area contributed by atoms with Crippen molar-refractivity contribution in [1.82, 2.24) is 0 Å². The van der Waals surface area contributed by atoms with Crippen LogP contribution < -0.4 is 4.74 Å². The predicted molar refractivity (Wildman–Crippen MR) is 136 cm³/mol. The van der Waals surface area contributed by atoms with E-state index in [1.165, 1.54) is 5.56 Å². The zero-order valence-electron chi connectivity index (χ0n) is 22.2. The number of hydrogen-bond acceptors (Lipinski definition) is 3. The molecule has 0 fully saturated rings. The summed E-state index contributed by atoms with van der Waals surface area (Å²) in [6.45, 7) is 22.4. The van der Waals surface area contributed by atoms with E-state index in [0.29, 0.717) is 11.3 Å². The van der Waals surface area contributed by atoms with E-state index in [-0.39, 0.29) is 33.4 Å². The van der Waals surface area contributed by atoms with Crippen molar-refractivity contribution in [3.63, 3.8) is 0 Å². The summed E-state index contributed by atoms with van der Waals surface area (Å²) in [4.78, 5) is 13.0. The molecule has 180 valence electrons. The van der Waals surface area contributed by atoms with E-state index in [9.17, 15) is 9.90 Å². The largest absolute Gasteiger partial charge is 0.508 e. The first-order valence-corrected chi connectivity index (χ1v) is 12.1. The highest BCUT2D eigenvalue weighted by Crippen LogP contribution is 2.46. The van der Waals surface area contributed by atoms with E-state index in [0.717, 1.165) is 24.0 Å². The van der Waals surface area contributed by atoms with Crippen molar-refractivity contribution in [2.24, 2.45) is 10.8 Å². The Morgan fingerprint density at radius 2 is 1.18 bits per heavy atom. The van der Waals surface area contributed by atoms with Crippen molar-refractivity contribution in [2.45, 2.75) is 98.8 Å². The summed E-state index contributed by atoms with van der Waals surface area (Å²) < 4.78 is 5.65. The average molecular weight is 451 g/mol. The fraction of sp³-hybridized carbons (Fsp3) is 0.567. The number of phenols is 1. The number of carbonyl (C=O) groups is 1. The van der Waals surface area contributed by atoms with Crippen LogP contribution in [-0.2, 0) is 15.6 Å². The first-order chi connectivity index (χ1) is 14.9. The van der Waals surface area contributed by atoms with Crippen LogP contribution in [0.2, 0.25) is 0 Å². The normalized spacial score (nSPS) is 17.2. The quantitative estimate of drug-likeness (QED) is 0.372. The van der Waals surface area contributed by atoms with Gasteiger partial charge in [-0.1, -0.05) is 93.5 Å². The van der Waals surface area contributed by atoms with Gasteiger partial charge in [-0.2, -0.15) is 0 Å². The number of aromatic hydroxyl groups is 1. The summed E-state index contributed by atoms with van der Waals surface area (Å²) in [7, 11) is 0. The molecule has 1 aliphatic rings. The molecule has 0 amide bonds. The lowest BCUT2D eigenvalue weighted by Crippen LogP contribution is -2.25. The van der Waals surface area contributed by atoms with Crippen LogP contribution in [0, 0.1) is 10.8 Å². The molecule has 2 aromatic rings. The molecular weight excluding hydrogens is 408 g/mol. The molecule has 3 rings (SSSR count). The van der Waals surface area contributed by atoms with Gasteiger partial charge >= 0.3 is 5.97 Å². The van der Waals surface area contributed by atoms with E-state index in [1.807, 2.05) is 18.2 Å². The monoisotopic (exact) mass is 450 g/mol. The summed E-state index contributed by atoms with van der Waals surface area (Å²) in [5, 5.41) is 10.8. The molecule has 1 aliphatic heterocycles. The molecule has 0 aliphatic carbocycles. The Bertz CT molecular complexity index is 1050. The maximum atomic E-state index is 13.0. The number of hydrogen-bond donors (Lipinski definition) is 1. The number of ether oxygens (including phenoxy) is 1. The van der Waals surface area contributed by atoms with Crippen LogP contribution >= 0.6 is 0 Å². The molecule has 0 spiro atoms. The highest BCUT2D eigenvalue weighted by atomic mass is 16.5. The number of esters is 1. The highest BCUT2D eigenvalue weighted by molar-refractivity contribution is 5.90. The third-order valence-corrected chi connectivity index (χ3v) is 6.61. The van der Waals surface area contributed by atoms with Crippen LogP contribution in [0.4, 0.5) is 0 Å². The van der Waals surface area contributed by atoms with Crippen molar-refractivity contribution < 1.29 is 14.6 Å². The van der Waals surface area contributed by atoms with Crippen molar-refractivity contribution in [1.29, 1.82) is 0 Å².